The van der Waals surface area contributed by atoms with Crippen LogP contribution in [0.1, 0.15) is 12.8 Å². The lowest BCUT2D eigenvalue weighted by atomic mass is 9.92. The summed E-state index contributed by atoms with van der Waals surface area (Å²) in [6, 6.07) is 0. The standard InChI is InChI=1S/C8H15F2NO/c1-12-7(8(9)10)6-2-4-11-5-3-6/h6-8,11H,2-5H2,1H3. The second-order valence-corrected chi connectivity index (χ2v) is 3.12. The number of ether oxygens (including phenoxy) is 1. The molecule has 1 N–H and O–H groups in total. The van der Waals surface area contributed by atoms with Gasteiger partial charge in [0.25, 0.3) is 6.43 Å². The molecule has 1 aliphatic rings. The van der Waals surface area contributed by atoms with Crippen molar-refractivity contribution in [2.75, 3.05) is 20.2 Å². The molecule has 1 rings (SSSR count). The fraction of sp³-hybridized carbons (Fsp3) is 1.00. The molecule has 0 aromatic heterocycles. The highest BCUT2D eigenvalue weighted by atomic mass is 19.3. The van der Waals surface area contributed by atoms with Crippen LogP contribution in [0.15, 0.2) is 0 Å². The lowest BCUT2D eigenvalue weighted by Crippen LogP contribution is -2.38. The van der Waals surface area contributed by atoms with Crippen LogP contribution in [0.5, 0.6) is 0 Å². The second-order valence-electron chi connectivity index (χ2n) is 3.12. The Hall–Kier alpha value is -0.220. The third-order valence-corrected chi connectivity index (χ3v) is 2.37. The molecule has 0 spiro atoms. The highest BCUT2D eigenvalue weighted by Gasteiger charge is 2.30. The molecule has 1 fully saturated rings. The van der Waals surface area contributed by atoms with Crippen molar-refractivity contribution in [2.45, 2.75) is 25.4 Å². The molecule has 1 saturated heterocycles. The van der Waals surface area contributed by atoms with Crippen LogP contribution in [0.2, 0.25) is 0 Å². The Balaban J connectivity index is 2.40. The number of halogens is 2. The highest BCUT2D eigenvalue weighted by molar-refractivity contribution is 4.77. The Bertz CT molecular complexity index is 126. The molecule has 0 aromatic carbocycles. The average molecular weight is 179 g/mol. The van der Waals surface area contributed by atoms with E-state index in [1.54, 1.807) is 0 Å². The van der Waals surface area contributed by atoms with Crippen LogP contribution in [-0.2, 0) is 4.74 Å². The van der Waals surface area contributed by atoms with Crippen LogP contribution in [0.25, 0.3) is 0 Å². The Kier molecular flexibility index (Phi) is 3.88. The zero-order chi connectivity index (χ0) is 8.97. The molecule has 1 aliphatic heterocycles. The predicted octanol–water partition coefficient (Wildman–Crippen LogP) is 1.27. The summed E-state index contributed by atoms with van der Waals surface area (Å²) in [6.45, 7) is 1.66. The molecule has 0 radical (unpaired) electrons. The lowest BCUT2D eigenvalue weighted by molar-refractivity contribution is -0.0704. The minimum Gasteiger partial charge on any atom is -0.375 e. The first-order valence-electron chi connectivity index (χ1n) is 4.27. The zero-order valence-corrected chi connectivity index (χ0v) is 7.22. The van der Waals surface area contributed by atoms with Crippen LogP contribution in [0.4, 0.5) is 8.78 Å². The number of hydrogen-bond acceptors (Lipinski definition) is 2. The third-order valence-electron chi connectivity index (χ3n) is 2.37. The molecule has 0 aliphatic carbocycles. The van der Waals surface area contributed by atoms with Crippen molar-refractivity contribution in [1.82, 2.24) is 5.32 Å². The zero-order valence-electron chi connectivity index (χ0n) is 7.22. The van der Waals surface area contributed by atoms with E-state index in [0.717, 1.165) is 25.9 Å². The van der Waals surface area contributed by atoms with Gasteiger partial charge in [-0.25, -0.2) is 8.78 Å². The van der Waals surface area contributed by atoms with Crippen molar-refractivity contribution in [3.63, 3.8) is 0 Å². The minimum atomic E-state index is -2.35. The number of rotatable bonds is 3. The fourth-order valence-electron chi connectivity index (χ4n) is 1.67. The first-order valence-corrected chi connectivity index (χ1v) is 4.27. The third kappa shape index (κ3) is 2.38. The summed E-state index contributed by atoms with van der Waals surface area (Å²) in [4.78, 5) is 0. The molecule has 4 heteroatoms. The van der Waals surface area contributed by atoms with Crippen molar-refractivity contribution in [2.24, 2.45) is 5.92 Å². The number of nitrogens with one attached hydrogen (secondary N) is 1. The van der Waals surface area contributed by atoms with E-state index in [1.165, 1.54) is 7.11 Å². The van der Waals surface area contributed by atoms with E-state index in [0.29, 0.717) is 0 Å². The van der Waals surface area contributed by atoms with E-state index in [1.807, 2.05) is 0 Å². The van der Waals surface area contributed by atoms with E-state index in [-0.39, 0.29) is 5.92 Å². The summed E-state index contributed by atoms with van der Waals surface area (Å²) in [6.07, 6.45) is -1.63. The molecule has 0 bridgehead atoms. The molecule has 0 saturated carbocycles. The Morgan fingerprint density at radius 2 is 1.92 bits per heavy atom. The van der Waals surface area contributed by atoms with E-state index in [9.17, 15) is 8.78 Å². The first-order chi connectivity index (χ1) is 5.75. The number of piperidine rings is 1. The second kappa shape index (κ2) is 4.72. The monoisotopic (exact) mass is 179 g/mol. The van der Waals surface area contributed by atoms with Gasteiger partial charge in [0.15, 0.2) is 0 Å². The van der Waals surface area contributed by atoms with Gasteiger partial charge in [-0.1, -0.05) is 0 Å². The number of methoxy groups -OCH3 is 1. The van der Waals surface area contributed by atoms with Gasteiger partial charge in [0.1, 0.15) is 6.10 Å². The molecule has 2 nitrogen and oxygen atoms in total. The number of hydrogen-bond donors (Lipinski definition) is 1. The normalized spacial score (nSPS) is 23.0. The first kappa shape index (κ1) is 9.86. The topological polar surface area (TPSA) is 21.3 Å². The minimum absolute atomic E-state index is 0.0243. The van der Waals surface area contributed by atoms with Crippen LogP contribution in [-0.4, -0.2) is 32.7 Å². The van der Waals surface area contributed by atoms with Crippen molar-refractivity contribution in [3.05, 3.63) is 0 Å². The predicted molar refractivity (Wildman–Crippen MR) is 42.4 cm³/mol. The lowest BCUT2D eigenvalue weighted by Gasteiger charge is -2.28. The molecule has 1 atom stereocenters. The summed E-state index contributed by atoms with van der Waals surface area (Å²) in [5, 5.41) is 3.13. The number of alkyl halides is 2. The summed E-state index contributed by atoms with van der Waals surface area (Å²) >= 11 is 0. The van der Waals surface area contributed by atoms with Crippen LogP contribution >= 0.6 is 0 Å². The Morgan fingerprint density at radius 3 is 2.33 bits per heavy atom. The maximum absolute atomic E-state index is 12.3. The fourth-order valence-corrected chi connectivity index (χ4v) is 1.67. The molecular weight excluding hydrogens is 164 g/mol. The molecule has 0 amide bonds. The van der Waals surface area contributed by atoms with Crippen molar-refractivity contribution >= 4 is 0 Å². The molecule has 0 aromatic rings. The van der Waals surface area contributed by atoms with Gasteiger partial charge in [-0.05, 0) is 31.8 Å². The van der Waals surface area contributed by atoms with E-state index >= 15 is 0 Å². The van der Waals surface area contributed by atoms with Crippen LogP contribution in [0.3, 0.4) is 0 Å². The smallest absolute Gasteiger partial charge is 0.264 e. The summed E-state index contributed by atoms with van der Waals surface area (Å²) in [5.41, 5.74) is 0. The summed E-state index contributed by atoms with van der Waals surface area (Å²) in [7, 11) is 1.36. The maximum atomic E-state index is 12.3. The van der Waals surface area contributed by atoms with Crippen LogP contribution in [0, 0.1) is 5.92 Å². The van der Waals surface area contributed by atoms with Crippen molar-refractivity contribution < 1.29 is 13.5 Å². The SMILES string of the molecule is COC(C(F)F)C1CCNCC1. The van der Waals surface area contributed by atoms with Gasteiger partial charge in [-0.3, -0.25) is 0 Å². The summed E-state index contributed by atoms with van der Waals surface area (Å²) < 4.78 is 29.5. The maximum Gasteiger partial charge on any atom is 0.264 e. The van der Waals surface area contributed by atoms with Crippen LogP contribution < -0.4 is 5.32 Å². The summed E-state index contributed by atoms with van der Waals surface area (Å²) in [5.74, 6) is 0.0243. The van der Waals surface area contributed by atoms with Gasteiger partial charge >= 0.3 is 0 Å². The van der Waals surface area contributed by atoms with Gasteiger partial charge in [0.05, 0.1) is 0 Å². The molecule has 1 heterocycles. The van der Waals surface area contributed by atoms with Crippen molar-refractivity contribution in [1.29, 1.82) is 0 Å². The molecule has 1 unspecified atom stereocenters. The van der Waals surface area contributed by atoms with Gasteiger partial charge in [0, 0.05) is 7.11 Å². The van der Waals surface area contributed by atoms with E-state index in [4.69, 9.17) is 4.74 Å². The quantitative estimate of drug-likeness (QED) is 0.704. The Morgan fingerprint density at radius 1 is 1.33 bits per heavy atom. The van der Waals surface area contributed by atoms with E-state index in [2.05, 4.69) is 5.32 Å². The average Bonchev–Trinajstić information content (AvgIpc) is 2.07. The largest absolute Gasteiger partial charge is 0.375 e. The molecule has 12 heavy (non-hydrogen) atoms. The molecule has 72 valence electrons. The highest BCUT2D eigenvalue weighted by Crippen LogP contribution is 2.23. The van der Waals surface area contributed by atoms with Gasteiger partial charge in [-0.15, -0.1) is 0 Å². The van der Waals surface area contributed by atoms with Gasteiger partial charge in [0.2, 0.25) is 0 Å². The Labute approximate surface area is 71.3 Å². The van der Waals surface area contributed by atoms with Gasteiger partial charge in [-0.2, -0.15) is 0 Å². The van der Waals surface area contributed by atoms with E-state index < -0.39 is 12.5 Å². The molecular formula is C8H15F2NO. The van der Waals surface area contributed by atoms with Crippen molar-refractivity contribution in [3.8, 4) is 0 Å². The van der Waals surface area contributed by atoms with Gasteiger partial charge < -0.3 is 10.1 Å².